The summed E-state index contributed by atoms with van der Waals surface area (Å²) in [6, 6.07) is 8.70. The molecule has 0 aliphatic heterocycles. The molecule has 0 saturated heterocycles. The molecule has 1 aromatic carbocycles. The first-order valence-electron chi connectivity index (χ1n) is 5.82. The number of hydrogen-bond donors (Lipinski definition) is 2. The largest absolute Gasteiger partial charge is 0.383 e. The number of nitrogens with zero attached hydrogens (tertiary/aromatic N) is 2. The van der Waals surface area contributed by atoms with Crippen LogP contribution in [0.4, 0.5) is 11.6 Å². The van der Waals surface area contributed by atoms with E-state index >= 15 is 0 Å². The monoisotopic (exact) mass is 352 g/mol. The van der Waals surface area contributed by atoms with Gasteiger partial charge in [0.25, 0.3) is 0 Å². The van der Waals surface area contributed by atoms with Crippen molar-refractivity contribution >= 4 is 45.1 Å². The average Bonchev–Trinajstić information content (AvgIpc) is 2.37. The van der Waals surface area contributed by atoms with Crippen molar-refractivity contribution in [3.05, 3.63) is 40.4 Å². The molecule has 4 N–H and O–H groups in total. The van der Waals surface area contributed by atoms with E-state index in [1.807, 2.05) is 12.1 Å². The maximum atomic E-state index is 12.3. The van der Waals surface area contributed by atoms with E-state index in [0.29, 0.717) is 22.4 Å². The predicted molar refractivity (Wildman–Crippen MR) is 84.6 cm³/mol. The van der Waals surface area contributed by atoms with E-state index in [-0.39, 0.29) is 11.0 Å². The average molecular weight is 353 g/mol. The van der Waals surface area contributed by atoms with Crippen molar-refractivity contribution in [3.63, 3.8) is 0 Å². The van der Waals surface area contributed by atoms with Gasteiger partial charge in [0, 0.05) is 16.1 Å². The van der Waals surface area contributed by atoms with Gasteiger partial charge in [-0.3, -0.25) is 4.79 Å². The highest BCUT2D eigenvalue weighted by molar-refractivity contribution is 9.10. The Labute approximate surface area is 129 Å². The van der Waals surface area contributed by atoms with Crippen LogP contribution in [0.1, 0.15) is 17.3 Å². The highest BCUT2D eigenvalue weighted by Crippen LogP contribution is 2.24. The number of benzene rings is 1. The molecule has 0 aliphatic rings. The topological polar surface area (TPSA) is 94.9 Å². The number of nitrogen functional groups attached to an aromatic ring is 2. The second-order valence-corrected chi connectivity index (χ2v) is 6.36. The molecule has 7 heteroatoms. The molecule has 1 aromatic heterocycles. The van der Waals surface area contributed by atoms with Gasteiger partial charge in [-0.1, -0.05) is 39.8 Å². The molecule has 104 valence electrons. The van der Waals surface area contributed by atoms with E-state index in [1.165, 1.54) is 17.8 Å². The fourth-order valence-electron chi connectivity index (χ4n) is 1.58. The van der Waals surface area contributed by atoms with Gasteiger partial charge in [0.2, 0.25) is 0 Å². The number of halogens is 1. The zero-order valence-corrected chi connectivity index (χ0v) is 13.1. The summed E-state index contributed by atoms with van der Waals surface area (Å²) in [5.74, 6) is 0.596. The van der Waals surface area contributed by atoms with Crippen LogP contribution in [-0.4, -0.2) is 21.0 Å². The summed E-state index contributed by atoms with van der Waals surface area (Å²) < 4.78 is 0.932. The number of anilines is 2. The molecule has 1 unspecified atom stereocenters. The van der Waals surface area contributed by atoms with Gasteiger partial charge in [0.05, 0.1) is 5.25 Å². The van der Waals surface area contributed by atoms with Crippen molar-refractivity contribution in [3.8, 4) is 0 Å². The summed E-state index contributed by atoms with van der Waals surface area (Å²) in [6.07, 6.45) is 0. The van der Waals surface area contributed by atoms with Crippen LogP contribution in [0.25, 0.3) is 0 Å². The lowest BCUT2D eigenvalue weighted by Crippen LogP contribution is -2.14. The zero-order valence-electron chi connectivity index (χ0n) is 10.7. The van der Waals surface area contributed by atoms with Gasteiger partial charge in [-0.05, 0) is 19.1 Å². The number of ketones is 1. The number of nitrogens with two attached hydrogens (primary N) is 2. The van der Waals surface area contributed by atoms with Crippen LogP contribution in [0.2, 0.25) is 0 Å². The van der Waals surface area contributed by atoms with Crippen LogP contribution in [0, 0.1) is 0 Å². The van der Waals surface area contributed by atoms with Crippen LogP contribution in [0.3, 0.4) is 0 Å². The molecule has 0 saturated carbocycles. The van der Waals surface area contributed by atoms with Crippen molar-refractivity contribution < 1.29 is 4.79 Å². The number of aromatic nitrogens is 2. The maximum Gasteiger partial charge on any atom is 0.192 e. The molecule has 20 heavy (non-hydrogen) atoms. The van der Waals surface area contributed by atoms with E-state index in [9.17, 15) is 4.79 Å². The summed E-state index contributed by atoms with van der Waals surface area (Å²) >= 11 is 4.57. The van der Waals surface area contributed by atoms with Gasteiger partial charge in [-0.25, -0.2) is 9.97 Å². The van der Waals surface area contributed by atoms with E-state index < -0.39 is 0 Å². The Kier molecular flexibility index (Phi) is 4.61. The first-order valence-corrected chi connectivity index (χ1v) is 7.49. The van der Waals surface area contributed by atoms with Gasteiger partial charge < -0.3 is 11.5 Å². The van der Waals surface area contributed by atoms with Gasteiger partial charge >= 0.3 is 0 Å². The van der Waals surface area contributed by atoms with Crippen molar-refractivity contribution in [2.24, 2.45) is 0 Å². The minimum absolute atomic E-state index is 0.00657. The third-order valence-corrected chi connectivity index (χ3v) is 4.02. The molecule has 1 atom stereocenters. The fraction of sp³-hybridized carbons (Fsp3) is 0.154. The second kappa shape index (κ2) is 6.23. The quantitative estimate of drug-likeness (QED) is 0.499. The summed E-state index contributed by atoms with van der Waals surface area (Å²) in [5, 5.41) is 0.0813. The van der Waals surface area contributed by atoms with Crippen LogP contribution < -0.4 is 11.5 Å². The summed E-state index contributed by atoms with van der Waals surface area (Å²) in [7, 11) is 0. The third kappa shape index (κ3) is 3.71. The van der Waals surface area contributed by atoms with Gasteiger partial charge in [0.15, 0.2) is 10.9 Å². The SMILES string of the molecule is CC(Sc1nc(N)cc(N)n1)C(=O)c1ccc(Br)cc1. The number of carbonyl (C=O) groups excluding carboxylic acids is 1. The minimum atomic E-state index is -0.322. The molecule has 1 heterocycles. The van der Waals surface area contributed by atoms with Crippen LogP contribution in [0.15, 0.2) is 40.0 Å². The molecule has 0 spiro atoms. The molecule has 2 rings (SSSR count). The lowest BCUT2D eigenvalue weighted by molar-refractivity contribution is 0.0994. The molecule has 0 amide bonds. The molecule has 0 fully saturated rings. The Morgan fingerprint density at radius 2 is 1.75 bits per heavy atom. The van der Waals surface area contributed by atoms with Gasteiger partial charge in [-0.2, -0.15) is 0 Å². The summed E-state index contributed by atoms with van der Waals surface area (Å²) in [4.78, 5) is 20.4. The van der Waals surface area contributed by atoms with Crippen molar-refractivity contribution in [1.82, 2.24) is 9.97 Å². The minimum Gasteiger partial charge on any atom is -0.383 e. The van der Waals surface area contributed by atoms with E-state index in [1.54, 1.807) is 19.1 Å². The lowest BCUT2D eigenvalue weighted by Gasteiger charge is -2.10. The summed E-state index contributed by atoms with van der Waals surface area (Å²) in [5.41, 5.74) is 11.9. The smallest absolute Gasteiger partial charge is 0.192 e. The van der Waals surface area contributed by atoms with Crippen LogP contribution in [-0.2, 0) is 0 Å². The second-order valence-electron chi connectivity index (χ2n) is 4.13. The Morgan fingerprint density at radius 3 is 2.30 bits per heavy atom. The Bertz CT molecular complexity index is 613. The molecule has 2 aromatic rings. The predicted octanol–water partition coefficient (Wildman–Crippen LogP) is 2.77. The van der Waals surface area contributed by atoms with E-state index in [4.69, 9.17) is 11.5 Å². The number of hydrogen-bond acceptors (Lipinski definition) is 6. The first kappa shape index (κ1) is 14.8. The molecule has 0 radical (unpaired) electrons. The number of thioether (sulfide) groups is 1. The highest BCUT2D eigenvalue weighted by atomic mass is 79.9. The number of Topliss-reactive ketones (excluding diaryl/α,β-unsaturated/α-hetero) is 1. The maximum absolute atomic E-state index is 12.3. The third-order valence-electron chi connectivity index (χ3n) is 2.53. The van der Waals surface area contributed by atoms with Crippen molar-refractivity contribution in [2.75, 3.05) is 11.5 Å². The fourth-order valence-corrected chi connectivity index (χ4v) is 2.72. The normalized spacial score (nSPS) is 12.1. The molecule has 0 bridgehead atoms. The molecular formula is C13H13BrN4OS. The van der Waals surface area contributed by atoms with Gasteiger partial charge in [0.1, 0.15) is 11.6 Å². The standard InChI is InChI=1S/C13H13BrN4OS/c1-7(12(19)8-2-4-9(14)5-3-8)20-13-17-10(15)6-11(16)18-13/h2-7H,1H3,(H4,15,16,17,18). The Hall–Kier alpha value is -1.60. The Morgan fingerprint density at radius 1 is 1.20 bits per heavy atom. The highest BCUT2D eigenvalue weighted by Gasteiger charge is 2.18. The lowest BCUT2D eigenvalue weighted by atomic mass is 10.1. The molecule has 5 nitrogen and oxygen atoms in total. The van der Waals surface area contributed by atoms with E-state index in [0.717, 1.165) is 4.47 Å². The van der Waals surface area contributed by atoms with Crippen LogP contribution in [0.5, 0.6) is 0 Å². The van der Waals surface area contributed by atoms with Crippen LogP contribution >= 0.6 is 27.7 Å². The van der Waals surface area contributed by atoms with Crippen molar-refractivity contribution in [2.45, 2.75) is 17.3 Å². The van der Waals surface area contributed by atoms with Crippen molar-refractivity contribution in [1.29, 1.82) is 0 Å². The molecule has 0 aliphatic carbocycles. The van der Waals surface area contributed by atoms with E-state index in [2.05, 4.69) is 25.9 Å². The van der Waals surface area contributed by atoms with Gasteiger partial charge in [-0.15, -0.1) is 0 Å². The zero-order chi connectivity index (χ0) is 14.7. The number of carbonyl (C=O) groups is 1. The number of rotatable bonds is 4. The Balaban J connectivity index is 2.13. The summed E-state index contributed by atoms with van der Waals surface area (Å²) in [6.45, 7) is 1.80. The molecular weight excluding hydrogens is 340 g/mol. The first-order chi connectivity index (χ1) is 9.45.